The van der Waals surface area contributed by atoms with Crippen molar-refractivity contribution in [3.63, 3.8) is 0 Å². The molecule has 31 heavy (non-hydrogen) atoms. The van der Waals surface area contributed by atoms with Crippen LogP contribution in [-0.2, 0) is 4.79 Å². The lowest BCUT2D eigenvalue weighted by Crippen LogP contribution is -2.60. The summed E-state index contributed by atoms with van der Waals surface area (Å²) in [4.78, 5) is 37.3. The molecule has 2 aromatic heterocycles. The Bertz CT molecular complexity index is 1070. The quantitative estimate of drug-likeness (QED) is 0.608. The molecule has 1 aromatic carbocycles. The van der Waals surface area contributed by atoms with Crippen molar-refractivity contribution in [2.24, 2.45) is 0 Å². The first-order chi connectivity index (χ1) is 15.1. The van der Waals surface area contributed by atoms with Gasteiger partial charge in [-0.05, 0) is 48.2 Å². The van der Waals surface area contributed by atoms with E-state index in [-0.39, 0.29) is 35.8 Å². The number of carbonyl (C=O) groups excluding carboxylic acids is 2. The molecule has 2 aliphatic rings. The molecule has 5 rings (SSSR count). The van der Waals surface area contributed by atoms with Crippen LogP contribution < -0.4 is 0 Å². The van der Waals surface area contributed by atoms with E-state index in [4.69, 9.17) is 0 Å². The van der Waals surface area contributed by atoms with Gasteiger partial charge < -0.3 is 9.80 Å². The van der Waals surface area contributed by atoms with Crippen LogP contribution in [0.25, 0.3) is 0 Å². The highest BCUT2D eigenvalue weighted by molar-refractivity contribution is 5.92. The van der Waals surface area contributed by atoms with Crippen LogP contribution >= 0.6 is 0 Å². The van der Waals surface area contributed by atoms with E-state index in [2.05, 4.69) is 15.1 Å². The number of halogens is 1. The van der Waals surface area contributed by atoms with Crippen molar-refractivity contribution in [3.05, 3.63) is 78.4 Å². The van der Waals surface area contributed by atoms with Gasteiger partial charge >= 0.3 is 6.03 Å². The molecule has 158 valence electrons. The number of rotatable bonds is 3. The summed E-state index contributed by atoms with van der Waals surface area (Å²) in [5.74, 6) is -0.635. The molecular formula is C22H21FN6O2. The van der Waals surface area contributed by atoms with Gasteiger partial charge in [-0.15, -0.1) is 0 Å². The molecule has 0 radical (unpaired) electrons. The number of hydrogen-bond acceptors (Lipinski definition) is 5. The second kappa shape index (κ2) is 7.90. The van der Waals surface area contributed by atoms with Gasteiger partial charge in [-0.1, -0.05) is 12.1 Å². The van der Waals surface area contributed by atoms with Gasteiger partial charge in [0.15, 0.2) is 0 Å². The summed E-state index contributed by atoms with van der Waals surface area (Å²) in [7, 11) is 0. The maximum absolute atomic E-state index is 13.4. The number of β-lactam (4-membered cyclic amide) rings is 1. The van der Waals surface area contributed by atoms with E-state index in [1.54, 1.807) is 29.4 Å². The van der Waals surface area contributed by atoms with E-state index in [1.807, 2.05) is 17.0 Å². The fraction of sp³-hybridized carbons (Fsp3) is 0.318. The number of benzene rings is 1. The third-order valence-electron chi connectivity index (χ3n) is 6.16. The van der Waals surface area contributed by atoms with Crippen molar-refractivity contribution in [2.75, 3.05) is 13.1 Å². The first kappa shape index (κ1) is 19.3. The van der Waals surface area contributed by atoms with Crippen molar-refractivity contribution < 1.29 is 14.0 Å². The van der Waals surface area contributed by atoms with Crippen molar-refractivity contribution in [1.29, 1.82) is 0 Å². The lowest BCUT2D eigenvalue weighted by molar-refractivity contribution is -0.156. The summed E-state index contributed by atoms with van der Waals surface area (Å²) in [5.41, 5.74) is 1.81. The second-order valence-corrected chi connectivity index (χ2v) is 7.84. The van der Waals surface area contributed by atoms with Crippen LogP contribution in [0, 0.1) is 5.82 Å². The molecule has 0 spiro atoms. The summed E-state index contributed by atoms with van der Waals surface area (Å²) in [6.07, 6.45) is 7.53. The number of nitrogens with zero attached hydrogens (tertiary/aromatic N) is 6. The maximum atomic E-state index is 13.4. The standard InChI is InChI=1S/C22H21FN6O2/c23-17-3-1-15(2-4-17)19-20(16-5-9-24-10-6-16)29(21(19)30)18-7-11-27(12-8-18)22(31)28-14-25-13-26-28/h1-6,9-10,13-14,18-20H,7-8,11-12H2/t19-,20+/m0/s1. The molecule has 0 saturated carbocycles. The van der Waals surface area contributed by atoms with Crippen LogP contribution in [0.5, 0.6) is 0 Å². The Hall–Kier alpha value is -3.62. The molecule has 0 N–H and O–H groups in total. The Balaban J connectivity index is 1.35. The molecule has 2 saturated heterocycles. The number of aromatic nitrogens is 4. The molecule has 0 aliphatic carbocycles. The van der Waals surface area contributed by atoms with Gasteiger partial charge in [-0.25, -0.2) is 14.2 Å². The smallest absolute Gasteiger partial charge is 0.331 e. The fourth-order valence-corrected chi connectivity index (χ4v) is 4.61. The third-order valence-corrected chi connectivity index (χ3v) is 6.16. The summed E-state index contributed by atoms with van der Waals surface area (Å²) in [6, 6.07) is 9.68. The topological polar surface area (TPSA) is 84.2 Å². The largest absolute Gasteiger partial charge is 0.346 e. The van der Waals surface area contributed by atoms with Gasteiger partial charge in [0.05, 0.1) is 12.0 Å². The third kappa shape index (κ3) is 3.45. The van der Waals surface area contributed by atoms with Gasteiger partial charge in [0.2, 0.25) is 5.91 Å². The number of piperidine rings is 1. The maximum Gasteiger partial charge on any atom is 0.346 e. The molecule has 0 bridgehead atoms. The van der Waals surface area contributed by atoms with Crippen LogP contribution in [0.2, 0.25) is 0 Å². The van der Waals surface area contributed by atoms with E-state index in [0.29, 0.717) is 25.9 Å². The minimum Gasteiger partial charge on any atom is -0.331 e. The number of amides is 2. The van der Waals surface area contributed by atoms with E-state index < -0.39 is 0 Å². The molecule has 2 atom stereocenters. The van der Waals surface area contributed by atoms with E-state index in [1.165, 1.54) is 29.5 Å². The first-order valence-electron chi connectivity index (χ1n) is 10.2. The van der Waals surface area contributed by atoms with Gasteiger partial charge in [-0.2, -0.15) is 9.78 Å². The van der Waals surface area contributed by atoms with Gasteiger partial charge in [0, 0.05) is 31.5 Å². The lowest BCUT2D eigenvalue weighted by Gasteiger charge is -2.53. The Kier molecular flexibility index (Phi) is 4.93. The van der Waals surface area contributed by atoms with Crippen LogP contribution in [0.15, 0.2) is 61.4 Å². The Morgan fingerprint density at radius 3 is 2.32 bits per heavy atom. The molecule has 2 amide bonds. The summed E-state index contributed by atoms with van der Waals surface area (Å²) in [5, 5.41) is 3.90. The predicted octanol–water partition coefficient (Wildman–Crippen LogP) is 2.61. The van der Waals surface area contributed by atoms with E-state index in [9.17, 15) is 14.0 Å². The highest BCUT2D eigenvalue weighted by Crippen LogP contribution is 2.48. The van der Waals surface area contributed by atoms with Gasteiger partial charge in [0.1, 0.15) is 18.5 Å². The first-order valence-corrected chi connectivity index (χ1v) is 10.2. The summed E-state index contributed by atoms with van der Waals surface area (Å²) >= 11 is 0. The average molecular weight is 420 g/mol. The highest BCUT2D eigenvalue weighted by atomic mass is 19.1. The Labute approximate surface area is 178 Å². The molecule has 8 nitrogen and oxygen atoms in total. The van der Waals surface area contributed by atoms with Crippen LogP contribution in [0.4, 0.5) is 9.18 Å². The zero-order valence-corrected chi connectivity index (χ0v) is 16.7. The highest BCUT2D eigenvalue weighted by Gasteiger charge is 2.51. The number of pyridine rings is 1. The zero-order valence-electron chi connectivity index (χ0n) is 16.7. The van der Waals surface area contributed by atoms with Gasteiger partial charge in [-0.3, -0.25) is 9.78 Å². The summed E-state index contributed by atoms with van der Waals surface area (Å²) in [6.45, 7) is 1.08. The van der Waals surface area contributed by atoms with Crippen molar-refractivity contribution in [1.82, 2.24) is 29.5 Å². The second-order valence-electron chi connectivity index (χ2n) is 7.84. The lowest BCUT2D eigenvalue weighted by atomic mass is 9.76. The fourth-order valence-electron chi connectivity index (χ4n) is 4.61. The average Bonchev–Trinajstić information content (AvgIpc) is 3.34. The molecule has 2 fully saturated rings. The number of likely N-dealkylation sites (tertiary alicyclic amines) is 2. The van der Waals surface area contributed by atoms with E-state index >= 15 is 0 Å². The Morgan fingerprint density at radius 1 is 0.968 bits per heavy atom. The van der Waals surface area contributed by atoms with Crippen molar-refractivity contribution in [2.45, 2.75) is 30.8 Å². The Morgan fingerprint density at radius 2 is 1.68 bits per heavy atom. The molecule has 4 heterocycles. The molecule has 9 heteroatoms. The SMILES string of the molecule is O=C1[C@@H](c2ccc(F)cc2)[C@@H](c2ccncc2)N1C1CCN(C(=O)n2cncn2)CC1. The zero-order chi connectivity index (χ0) is 21.4. The number of carbonyl (C=O) groups is 2. The minimum absolute atomic E-state index is 0.0298. The molecule has 2 aliphatic heterocycles. The van der Waals surface area contributed by atoms with Crippen molar-refractivity contribution >= 4 is 11.9 Å². The molecular weight excluding hydrogens is 399 g/mol. The predicted molar refractivity (Wildman–Crippen MR) is 108 cm³/mol. The number of hydrogen-bond donors (Lipinski definition) is 0. The van der Waals surface area contributed by atoms with Crippen LogP contribution in [0.3, 0.4) is 0 Å². The summed E-state index contributed by atoms with van der Waals surface area (Å²) < 4.78 is 14.6. The monoisotopic (exact) mass is 420 g/mol. The van der Waals surface area contributed by atoms with Crippen molar-refractivity contribution in [3.8, 4) is 0 Å². The van der Waals surface area contributed by atoms with E-state index in [0.717, 1.165) is 11.1 Å². The molecule has 3 aromatic rings. The van der Waals surface area contributed by atoms with Gasteiger partial charge in [0.25, 0.3) is 0 Å². The molecule has 0 unspecified atom stereocenters. The normalized spacial score (nSPS) is 21.8. The van der Waals surface area contributed by atoms with Crippen LogP contribution in [-0.4, -0.2) is 60.6 Å². The minimum atomic E-state index is -0.349. The van der Waals surface area contributed by atoms with Crippen LogP contribution in [0.1, 0.15) is 35.9 Å².